The van der Waals surface area contributed by atoms with E-state index in [4.69, 9.17) is 39.2 Å². The average molecular weight is 280 g/mol. The van der Waals surface area contributed by atoms with Crippen LogP contribution in [0.2, 0.25) is 0 Å². The maximum Gasteiger partial charge on any atom is 0.216 e. The first-order valence-corrected chi connectivity index (χ1v) is 5.82. The molecule has 5 heteroatoms. The lowest BCUT2D eigenvalue weighted by atomic mass is 10.1. The molecule has 0 spiro atoms. The van der Waals surface area contributed by atoms with Crippen LogP contribution >= 0.6 is 34.8 Å². The number of fused-ring (bicyclic) bond motifs is 1. The minimum atomic E-state index is -1.68. The molecule has 0 aliphatic rings. The van der Waals surface area contributed by atoms with Gasteiger partial charge in [-0.05, 0) is 6.07 Å². The molecule has 86 valence electrons. The highest BCUT2D eigenvalue weighted by Gasteiger charge is 2.31. The molecule has 0 radical (unpaired) electrons. The van der Waals surface area contributed by atoms with E-state index in [0.29, 0.717) is 0 Å². The molecule has 2 rings (SSSR count). The molecule has 2 nitrogen and oxygen atoms in total. The highest BCUT2D eigenvalue weighted by atomic mass is 35.6. The zero-order valence-electron chi connectivity index (χ0n) is 8.16. The van der Waals surface area contributed by atoms with Gasteiger partial charge >= 0.3 is 0 Å². The molecule has 2 aromatic rings. The summed E-state index contributed by atoms with van der Waals surface area (Å²) < 4.78 is 3.64. The Morgan fingerprint density at radius 3 is 2.62 bits per heavy atom. The van der Waals surface area contributed by atoms with Crippen molar-refractivity contribution in [2.24, 2.45) is 0 Å². The van der Waals surface area contributed by atoms with Gasteiger partial charge in [0.25, 0.3) is 0 Å². The Balaban J connectivity index is 2.28. The number of alkyl halides is 3. The Morgan fingerprint density at radius 1 is 1.25 bits per heavy atom. The Bertz CT molecular complexity index is 487. The fourth-order valence-corrected chi connectivity index (χ4v) is 1.75. The minimum Gasteiger partial charge on any atom is -0.464 e. The SMILES string of the molecule is OC(Cc1coc2ccccc12)C(Cl)(Cl)Cl. The predicted molar refractivity (Wildman–Crippen MR) is 66.2 cm³/mol. The molecule has 1 heterocycles. The van der Waals surface area contributed by atoms with Gasteiger partial charge in [-0.1, -0.05) is 53.0 Å². The first-order valence-electron chi connectivity index (χ1n) is 4.68. The molecule has 0 fully saturated rings. The molecule has 1 aromatic carbocycles. The van der Waals surface area contributed by atoms with Crippen LogP contribution in [0.1, 0.15) is 5.56 Å². The van der Waals surface area contributed by atoms with Gasteiger partial charge in [0.05, 0.1) is 6.26 Å². The highest BCUT2D eigenvalue weighted by molar-refractivity contribution is 6.68. The summed E-state index contributed by atoms with van der Waals surface area (Å²) in [5.74, 6) is 0. The summed E-state index contributed by atoms with van der Waals surface area (Å²) >= 11 is 16.8. The first kappa shape index (κ1) is 12.1. The van der Waals surface area contributed by atoms with E-state index < -0.39 is 9.90 Å². The first-order chi connectivity index (χ1) is 7.48. The van der Waals surface area contributed by atoms with Crippen molar-refractivity contribution < 1.29 is 9.52 Å². The van der Waals surface area contributed by atoms with Crippen LogP contribution in [-0.4, -0.2) is 15.0 Å². The molecular formula is C11H9Cl3O2. The Labute approximate surface area is 108 Å². The molecule has 0 saturated carbocycles. The molecule has 1 atom stereocenters. The van der Waals surface area contributed by atoms with Crippen molar-refractivity contribution in [3.63, 3.8) is 0 Å². The summed E-state index contributed by atoms with van der Waals surface area (Å²) in [6.45, 7) is 0. The van der Waals surface area contributed by atoms with E-state index in [1.54, 1.807) is 6.26 Å². The number of aliphatic hydroxyl groups excluding tert-OH is 1. The maximum atomic E-state index is 9.68. The molecular weight excluding hydrogens is 270 g/mol. The van der Waals surface area contributed by atoms with Crippen LogP contribution in [0.3, 0.4) is 0 Å². The Morgan fingerprint density at radius 2 is 1.94 bits per heavy atom. The largest absolute Gasteiger partial charge is 0.464 e. The lowest BCUT2D eigenvalue weighted by Crippen LogP contribution is -2.27. The van der Waals surface area contributed by atoms with E-state index in [1.165, 1.54) is 0 Å². The van der Waals surface area contributed by atoms with Crippen molar-refractivity contribution in [2.75, 3.05) is 0 Å². The predicted octanol–water partition coefficient (Wildman–Crippen LogP) is 3.71. The second kappa shape index (κ2) is 4.46. The van der Waals surface area contributed by atoms with Gasteiger partial charge in [-0.15, -0.1) is 0 Å². The van der Waals surface area contributed by atoms with Gasteiger partial charge in [0, 0.05) is 17.4 Å². The lowest BCUT2D eigenvalue weighted by molar-refractivity contribution is 0.179. The number of furan rings is 1. The summed E-state index contributed by atoms with van der Waals surface area (Å²) in [7, 11) is 0. The van der Waals surface area contributed by atoms with Crippen molar-refractivity contribution in [2.45, 2.75) is 16.3 Å². The van der Waals surface area contributed by atoms with E-state index in [0.717, 1.165) is 16.5 Å². The molecule has 0 aliphatic carbocycles. The second-order valence-corrected chi connectivity index (χ2v) is 5.89. The van der Waals surface area contributed by atoms with Gasteiger partial charge in [0.1, 0.15) is 11.7 Å². The molecule has 1 unspecified atom stereocenters. The van der Waals surface area contributed by atoms with Gasteiger partial charge in [-0.2, -0.15) is 0 Å². The van der Waals surface area contributed by atoms with Crippen molar-refractivity contribution in [1.82, 2.24) is 0 Å². The van der Waals surface area contributed by atoms with Gasteiger partial charge in [-0.25, -0.2) is 0 Å². The Hall–Kier alpha value is -0.410. The van der Waals surface area contributed by atoms with Crippen molar-refractivity contribution >= 4 is 45.8 Å². The summed E-state index contributed by atoms with van der Waals surface area (Å²) in [5, 5.41) is 10.6. The van der Waals surface area contributed by atoms with E-state index in [-0.39, 0.29) is 6.42 Å². The van der Waals surface area contributed by atoms with Crippen LogP contribution in [-0.2, 0) is 6.42 Å². The third kappa shape index (κ3) is 2.46. The van der Waals surface area contributed by atoms with Crippen molar-refractivity contribution in [3.05, 3.63) is 36.1 Å². The van der Waals surface area contributed by atoms with Crippen LogP contribution in [0.5, 0.6) is 0 Å². The standard InChI is InChI=1S/C11H9Cl3O2/c12-11(13,14)10(15)5-7-6-16-9-4-2-1-3-8(7)9/h1-4,6,10,15H,5H2. The van der Waals surface area contributed by atoms with E-state index in [1.807, 2.05) is 24.3 Å². The van der Waals surface area contributed by atoms with Gasteiger partial charge in [-0.3, -0.25) is 0 Å². The Kier molecular flexibility index (Phi) is 3.36. The fraction of sp³-hybridized carbons (Fsp3) is 0.273. The molecule has 1 N–H and O–H groups in total. The van der Waals surface area contributed by atoms with E-state index in [9.17, 15) is 5.11 Å². The minimum absolute atomic E-state index is 0.244. The van der Waals surface area contributed by atoms with Crippen molar-refractivity contribution in [1.29, 1.82) is 0 Å². The second-order valence-electron chi connectivity index (χ2n) is 3.52. The third-order valence-corrected chi connectivity index (χ3v) is 3.11. The van der Waals surface area contributed by atoms with Crippen LogP contribution in [0.15, 0.2) is 34.9 Å². The smallest absolute Gasteiger partial charge is 0.216 e. The molecule has 16 heavy (non-hydrogen) atoms. The van der Waals surface area contributed by atoms with Gasteiger partial charge in [0.15, 0.2) is 0 Å². The third-order valence-electron chi connectivity index (χ3n) is 2.35. The zero-order chi connectivity index (χ0) is 11.8. The molecule has 0 bridgehead atoms. The summed E-state index contributed by atoms with van der Waals surface area (Å²) in [5.41, 5.74) is 1.59. The van der Waals surface area contributed by atoms with E-state index >= 15 is 0 Å². The quantitative estimate of drug-likeness (QED) is 0.850. The molecule has 0 saturated heterocycles. The number of halogens is 3. The lowest BCUT2D eigenvalue weighted by Gasteiger charge is -2.17. The molecule has 1 aromatic heterocycles. The molecule has 0 amide bonds. The summed E-state index contributed by atoms with van der Waals surface area (Å²) in [6.07, 6.45) is 0.760. The molecule has 0 aliphatic heterocycles. The van der Waals surface area contributed by atoms with Gasteiger partial charge in [0.2, 0.25) is 3.79 Å². The van der Waals surface area contributed by atoms with Crippen LogP contribution in [0, 0.1) is 0 Å². The maximum absolute atomic E-state index is 9.68. The normalized spacial score (nSPS) is 14.2. The number of para-hydroxylation sites is 1. The fourth-order valence-electron chi connectivity index (χ4n) is 1.51. The topological polar surface area (TPSA) is 33.4 Å². The zero-order valence-corrected chi connectivity index (χ0v) is 10.4. The number of rotatable bonds is 2. The number of hydrogen-bond donors (Lipinski definition) is 1. The highest BCUT2D eigenvalue weighted by Crippen LogP contribution is 2.33. The van der Waals surface area contributed by atoms with Crippen LogP contribution in [0.25, 0.3) is 11.0 Å². The monoisotopic (exact) mass is 278 g/mol. The summed E-state index contributed by atoms with van der Waals surface area (Å²) in [4.78, 5) is 0. The van der Waals surface area contributed by atoms with Gasteiger partial charge < -0.3 is 9.52 Å². The summed E-state index contributed by atoms with van der Waals surface area (Å²) in [6, 6.07) is 7.52. The van der Waals surface area contributed by atoms with Crippen molar-refractivity contribution in [3.8, 4) is 0 Å². The number of hydrogen-bond acceptors (Lipinski definition) is 2. The number of benzene rings is 1. The average Bonchev–Trinajstić information content (AvgIpc) is 2.61. The van der Waals surface area contributed by atoms with Crippen LogP contribution < -0.4 is 0 Å². The van der Waals surface area contributed by atoms with E-state index in [2.05, 4.69) is 0 Å². The van der Waals surface area contributed by atoms with Crippen LogP contribution in [0.4, 0.5) is 0 Å². The number of aliphatic hydroxyl groups is 1.